The van der Waals surface area contributed by atoms with E-state index in [-0.39, 0.29) is 0 Å². The van der Waals surface area contributed by atoms with E-state index < -0.39 is 0 Å². The second-order valence-corrected chi connectivity index (χ2v) is 4.69. The highest BCUT2D eigenvalue weighted by Gasteiger charge is 2.08. The van der Waals surface area contributed by atoms with Gasteiger partial charge in [0.2, 0.25) is 0 Å². The van der Waals surface area contributed by atoms with E-state index in [1.807, 2.05) is 36.5 Å². The van der Waals surface area contributed by atoms with Crippen molar-refractivity contribution in [3.8, 4) is 11.1 Å². The van der Waals surface area contributed by atoms with E-state index in [9.17, 15) is 4.79 Å². The van der Waals surface area contributed by atoms with Gasteiger partial charge in [0.1, 0.15) is 0 Å². The van der Waals surface area contributed by atoms with E-state index in [1.54, 1.807) is 18.3 Å². The van der Waals surface area contributed by atoms with Crippen LogP contribution in [-0.2, 0) is 0 Å². The molecule has 1 heterocycles. The highest BCUT2D eigenvalue weighted by molar-refractivity contribution is 6.31. The monoisotopic (exact) mass is 267 g/mol. The number of halogens is 1. The zero-order chi connectivity index (χ0) is 13.2. The second-order valence-electron chi connectivity index (χ2n) is 4.25. The lowest BCUT2D eigenvalue weighted by Crippen LogP contribution is -1.89. The number of nitrogens with zero attached hydrogens (tertiary/aromatic N) is 1. The summed E-state index contributed by atoms with van der Waals surface area (Å²) in [6.45, 7) is 0. The van der Waals surface area contributed by atoms with Gasteiger partial charge in [-0.1, -0.05) is 35.9 Å². The highest BCUT2D eigenvalue weighted by atomic mass is 35.5. The summed E-state index contributed by atoms with van der Waals surface area (Å²) in [6.07, 6.45) is 4.40. The molecule has 2 aromatic carbocycles. The Bertz CT molecular complexity index is 762. The van der Waals surface area contributed by atoms with Crippen molar-refractivity contribution in [2.24, 2.45) is 0 Å². The van der Waals surface area contributed by atoms with Crippen molar-refractivity contribution in [3.63, 3.8) is 0 Å². The number of carbonyl (C=O) groups excluding carboxylic acids is 1. The molecule has 0 atom stereocenters. The number of pyridine rings is 1. The predicted molar refractivity (Wildman–Crippen MR) is 77.6 cm³/mol. The molecule has 0 spiro atoms. The molecule has 1 aromatic heterocycles. The summed E-state index contributed by atoms with van der Waals surface area (Å²) in [5.41, 5.74) is 2.49. The fraction of sp³-hybridized carbons (Fsp3) is 0. The largest absolute Gasteiger partial charge is 0.298 e. The third kappa shape index (κ3) is 2.11. The molecule has 0 fully saturated rings. The Labute approximate surface area is 115 Å². The van der Waals surface area contributed by atoms with Gasteiger partial charge in [-0.3, -0.25) is 9.78 Å². The molecule has 2 nitrogen and oxygen atoms in total. The van der Waals surface area contributed by atoms with E-state index in [4.69, 9.17) is 11.6 Å². The topological polar surface area (TPSA) is 30.0 Å². The summed E-state index contributed by atoms with van der Waals surface area (Å²) < 4.78 is 0. The lowest BCUT2D eigenvalue weighted by Gasteiger charge is -2.09. The summed E-state index contributed by atoms with van der Waals surface area (Å²) in [5, 5.41) is 2.68. The fourth-order valence-corrected chi connectivity index (χ4v) is 2.41. The third-order valence-electron chi connectivity index (χ3n) is 3.11. The molecule has 92 valence electrons. The second kappa shape index (κ2) is 4.82. The van der Waals surface area contributed by atoms with Crippen LogP contribution in [0.3, 0.4) is 0 Å². The minimum absolute atomic E-state index is 0.563. The highest BCUT2D eigenvalue weighted by Crippen LogP contribution is 2.31. The number of hydrogen-bond acceptors (Lipinski definition) is 2. The summed E-state index contributed by atoms with van der Waals surface area (Å²) in [7, 11) is 0. The molecule has 0 saturated carbocycles. The fourth-order valence-electron chi connectivity index (χ4n) is 2.23. The Balaban J connectivity index is 2.33. The van der Waals surface area contributed by atoms with Gasteiger partial charge in [0.25, 0.3) is 0 Å². The summed E-state index contributed by atoms with van der Waals surface area (Å²) in [4.78, 5) is 15.3. The van der Waals surface area contributed by atoms with Gasteiger partial charge in [0.05, 0.1) is 0 Å². The van der Waals surface area contributed by atoms with Crippen molar-refractivity contribution in [1.82, 2.24) is 4.98 Å². The number of aromatic nitrogens is 1. The van der Waals surface area contributed by atoms with Crippen molar-refractivity contribution >= 4 is 28.7 Å². The lowest BCUT2D eigenvalue weighted by atomic mass is 9.96. The van der Waals surface area contributed by atoms with E-state index in [0.717, 1.165) is 28.2 Å². The van der Waals surface area contributed by atoms with Gasteiger partial charge >= 0.3 is 0 Å². The maximum absolute atomic E-state index is 11.2. The smallest absolute Gasteiger partial charge is 0.150 e. The quantitative estimate of drug-likeness (QED) is 0.646. The first-order valence-corrected chi connectivity index (χ1v) is 6.25. The molecule has 19 heavy (non-hydrogen) atoms. The number of hydrogen-bond donors (Lipinski definition) is 0. The molecule has 0 amide bonds. The summed E-state index contributed by atoms with van der Waals surface area (Å²) in [5.74, 6) is 0. The van der Waals surface area contributed by atoms with E-state index in [2.05, 4.69) is 4.98 Å². The Morgan fingerprint density at radius 1 is 1.05 bits per heavy atom. The Morgan fingerprint density at radius 2 is 1.95 bits per heavy atom. The van der Waals surface area contributed by atoms with Crippen LogP contribution in [0.4, 0.5) is 0 Å². The van der Waals surface area contributed by atoms with Crippen LogP contribution in [0, 0.1) is 0 Å². The van der Waals surface area contributed by atoms with Crippen LogP contribution in [0.2, 0.25) is 5.02 Å². The van der Waals surface area contributed by atoms with Crippen LogP contribution < -0.4 is 0 Å². The molecule has 0 aliphatic heterocycles. The first kappa shape index (κ1) is 11.9. The number of rotatable bonds is 2. The number of benzene rings is 2. The maximum atomic E-state index is 11.2. The molecule has 0 aliphatic carbocycles. The molecule has 0 bridgehead atoms. The minimum Gasteiger partial charge on any atom is -0.298 e. The molecular formula is C16H10ClNO. The van der Waals surface area contributed by atoms with Gasteiger partial charge in [0.15, 0.2) is 6.29 Å². The van der Waals surface area contributed by atoms with Crippen molar-refractivity contribution in [1.29, 1.82) is 0 Å². The van der Waals surface area contributed by atoms with Gasteiger partial charge in [-0.2, -0.15) is 0 Å². The molecule has 0 N–H and O–H groups in total. The van der Waals surface area contributed by atoms with Crippen molar-refractivity contribution < 1.29 is 4.79 Å². The van der Waals surface area contributed by atoms with Crippen LogP contribution in [-0.4, -0.2) is 11.3 Å². The molecule has 3 heteroatoms. The van der Waals surface area contributed by atoms with Crippen LogP contribution in [0.1, 0.15) is 10.4 Å². The number of aldehydes is 1. The van der Waals surface area contributed by atoms with Crippen LogP contribution in [0.15, 0.2) is 54.9 Å². The first-order chi connectivity index (χ1) is 9.29. The van der Waals surface area contributed by atoms with E-state index >= 15 is 0 Å². The first-order valence-electron chi connectivity index (χ1n) is 5.87. The van der Waals surface area contributed by atoms with Gasteiger partial charge in [0, 0.05) is 28.4 Å². The SMILES string of the molecule is O=Cc1cc(Cl)ccc1-c1cccc2cnccc12. The molecular weight excluding hydrogens is 258 g/mol. The van der Waals surface area contributed by atoms with Gasteiger partial charge in [-0.05, 0) is 34.7 Å². The normalized spacial score (nSPS) is 10.6. The zero-order valence-corrected chi connectivity index (χ0v) is 10.8. The molecule has 0 radical (unpaired) electrons. The molecule has 0 aliphatic rings. The van der Waals surface area contributed by atoms with E-state index in [1.165, 1.54) is 0 Å². The molecule has 0 unspecified atom stereocenters. The summed E-state index contributed by atoms with van der Waals surface area (Å²) >= 11 is 5.93. The Morgan fingerprint density at radius 3 is 2.79 bits per heavy atom. The standard InChI is InChI=1S/C16H10ClNO/c17-13-4-5-14(12(8-13)10-19)16-3-1-2-11-9-18-7-6-15(11)16/h1-10H. The maximum Gasteiger partial charge on any atom is 0.150 e. The summed E-state index contributed by atoms with van der Waals surface area (Å²) in [6, 6.07) is 13.3. The average molecular weight is 268 g/mol. The molecule has 0 saturated heterocycles. The van der Waals surface area contributed by atoms with Gasteiger partial charge in [-0.15, -0.1) is 0 Å². The average Bonchev–Trinajstić information content (AvgIpc) is 2.46. The van der Waals surface area contributed by atoms with Crippen LogP contribution >= 0.6 is 11.6 Å². The van der Waals surface area contributed by atoms with Crippen molar-refractivity contribution in [3.05, 3.63) is 65.4 Å². The molecule has 3 rings (SSSR count). The third-order valence-corrected chi connectivity index (χ3v) is 3.35. The Hall–Kier alpha value is -2.19. The van der Waals surface area contributed by atoms with Gasteiger partial charge in [-0.25, -0.2) is 0 Å². The lowest BCUT2D eigenvalue weighted by molar-refractivity contribution is 0.112. The minimum atomic E-state index is 0.563. The van der Waals surface area contributed by atoms with Crippen molar-refractivity contribution in [2.75, 3.05) is 0 Å². The van der Waals surface area contributed by atoms with Gasteiger partial charge < -0.3 is 0 Å². The molecule has 3 aromatic rings. The zero-order valence-electron chi connectivity index (χ0n) is 10.0. The van der Waals surface area contributed by atoms with Crippen molar-refractivity contribution in [2.45, 2.75) is 0 Å². The number of fused-ring (bicyclic) bond motifs is 1. The Kier molecular flexibility index (Phi) is 3.02. The van der Waals surface area contributed by atoms with Crippen LogP contribution in [0.25, 0.3) is 21.9 Å². The number of carbonyl (C=O) groups is 1. The van der Waals surface area contributed by atoms with Crippen LogP contribution in [0.5, 0.6) is 0 Å². The predicted octanol–water partition coefficient (Wildman–Crippen LogP) is 4.37. The van der Waals surface area contributed by atoms with E-state index in [0.29, 0.717) is 10.6 Å².